The molecule has 0 unspecified atom stereocenters. The molecule has 1 heterocycles. The zero-order valence-electron chi connectivity index (χ0n) is 6.83. The number of amidine groups is 1. The maximum atomic E-state index is 7.04. The predicted molar refractivity (Wildman–Crippen MR) is 47.8 cm³/mol. The highest BCUT2D eigenvalue weighted by Gasteiger charge is 1.99. The Morgan fingerprint density at radius 1 is 1.50 bits per heavy atom. The van der Waals surface area contributed by atoms with E-state index in [1.165, 1.54) is 0 Å². The van der Waals surface area contributed by atoms with Crippen molar-refractivity contribution in [1.82, 2.24) is 9.97 Å². The Kier molecular flexibility index (Phi) is 2.19. The summed E-state index contributed by atoms with van der Waals surface area (Å²) in [5, 5.41) is 7.04. The SMILES string of the molecule is C=C(C)c1cnc(C(=N)N)nc1. The number of nitrogens with zero attached hydrogens (tertiary/aromatic N) is 2. The Bertz CT molecular complexity index is 279. The molecule has 0 amide bonds. The smallest absolute Gasteiger partial charge is 0.194 e. The van der Waals surface area contributed by atoms with Crippen molar-refractivity contribution in [2.24, 2.45) is 5.73 Å². The second kappa shape index (κ2) is 3.13. The molecule has 0 aromatic carbocycles. The van der Waals surface area contributed by atoms with Crippen LogP contribution in [0.15, 0.2) is 19.0 Å². The Labute approximate surface area is 70.7 Å². The van der Waals surface area contributed by atoms with Gasteiger partial charge in [-0.3, -0.25) is 5.41 Å². The number of hydrogen-bond acceptors (Lipinski definition) is 3. The van der Waals surface area contributed by atoms with Crippen molar-refractivity contribution >= 4 is 11.4 Å². The summed E-state index contributed by atoms with van der Waals surface area (Å²) in [6.45, 7) is 5.60. The molecule has 0 fully saturated rings. The summed E-state index contributed by atoms with van der Waals surface area (Å²) >= 11 is 0. The van der Waals surface area contributed by atoms with Crippen LogP contribution in [0.25, 0.3) is 5.57 Å². The van der Waals surface area contributed by atoms with Crippen molar-refractivity contribution in [3.05, 3.63) is 30.4 Å². The molecular weight excluding hydrogens is 152 g/mol. The molecule has 0 aliphatic carbocycles. The van der Waals surface area contributed by atoms with Crippen LogP contribution in [0.4, 0.5) is 0 Å². The molecule has 1 aromatic heterocycles. The third-order valence-electron chi connectivity index (χ3n) is 1.39. The lowest BCUT2D eigenvalue weighted by molar-refractivity contribution is 1.10. The quantitative estimate of drug-likeness (QED) is 0.498. The minimum Gasteiger partial charge on any atom is -0.381 e. The van der Waals surface area contributed by atoms with Crippen molar-refractivity contribution in [1.29, 1.82) is 5.41 Å². The second-order valence-corrected chi connectivity index (χ2v) is 2.49. The first kappa shape index (κ1) is 8.39. The van der Waals surface area contributed by atoms with Crippen LogP contribution in [0.3, 0.4) is 0 Å². The molecule has 0 saturated carbocycles. The Hall–Kier alpha value is -1.71. The molecular formula is C8H10N4. The summed E-state index contributed by atoms with van der Waals surface area (Å²) in [6, 6.07) is 0. The van der Waals surface area contributed by atoms with Crippen LogP contribution in [-0.2, 0) is 0 Å². The Morgan fingerprint density at radius 2 is 2.00 bits per heavy atom. The summed E-state index contributed by atoms with van der Waals surface area (Å²) in [4.78, 5) is 7.76. The van der Waals surface area contributed by atoms with Gasteiger partial charge in [0, 0.05) is 18.0 Å². The van der Waals surface area contributed by atoms with E-state index in [-0.39, 0.29) is 11.7 Å². The van der Waals surface area contributed by atoms with Crippen LogP contribution in [0.2, 0.25) is 0 Å². The van der Waals surface area contributed by atoms with Gasteiger partial charge in [-0.1, -0.05) is 6.58 Å². The van der Waals surface area contributed by atoms with Gasteiger partial charge in [0.15, 0.2) is 11.7 Å². The molecule has 62 valence electrons. The van der Waals surface area contributed by atoms with Crippen LogP contribution < -0.4 is 5.73 Å². The van der Waals surface area contributed by atoms with E-state index in [4.69, 9.17) is 11.1 Å². The average molecular weight is 162 g/mol. The van der Waals surface area contributed by atoms with E-state index < -0.39 is 0 Å². The number of nitrogens with two attached hydrogens (primary N) is 1. The standard InChI is InChI=1S/C8H10N4/c1-5(2)6-3-11-8(7(9)10)12-4-6/h3-4H,1H2,2H3,(H3,9,10). The molecule has 0 bridgehead atoms. The summed E-state index contributed by atoms with van der Waals surface area (Å²) in [6.07, 6.45) is 3.21. The van der Waals surface area contributed by atoms with Gasteiger partial charge >= 0.3 is 0 Å². The lowest BCUT2D eigenvalue weighted by Crippen LogP contribution is -2.15. The molecule has 3 N–H and O–H groups in total. The van der Waals surface area contributed by atoms with Crippen LogP contribution >= 0.6 is 0 Å². The molecule has 0 atom stereocenters. The number of rotatable bonds is 2. The number of nitrogen functional groups attached to an aromatic ring is 1. The molecule has 12 heavy (non-hydrogen) atoms. The number of hydrogen-bond donors (Lipinski definition) is 2. The maximum absolute atomic E-state index is 7.04. The summed E-state index contributed by atoms with van der Waals surface area (Å²) in [7, 11) is 0. The van der Waals surface area contributed by atoms with Gasteiger partial charge in [-0.05, 0) is 12.5 Å². The lowest BCUT2D eigenvalue weighted by atomic mass is 10.2. The first-order valence-corrected chi connectivity index (χ1v) is 3.43. The highest BCUT2D eigenvalue weighted by atomic mass is 14.9. The third kappa shape index (κ3) is 1.66. The monoisotopic (exact) mass is 162 g/mol. The minimum atomic E-state index is -0.122. The van der Waals surface area contributed by atoms with Gasteiger partial charge in [0.25, 0.3) is 0 Å². The van der Waals surface area contributed by atoms with Gasteiger partial charge in [-0.25, -0.2) is 9.97 Å². The van der Waals surface area contributed by atoms with Gasteiger partial charge < -0.3 is 5.73 Å². The highest BCUT2D eigenvalue weighted by molar-refractivity contribution is 5.91. The van der Waals surface area contributed by atoms with E-state index in [0.29, 0.717) is 0 Å². The van der Waals surface area contributed by atoms with Gasteiger partial charge in [0.2, 0.25) is 0 Å². The molecule has 0 aliphatic heterocycles. The second-order valence-electron chi connectivity index (χ2n) is 2.49. The predicted octanol–water partition coefficient (Wildman–Crippen LogP) is 0.794. The van der Waals surface area contributed by atoms with E-state index in [9.17, 15) is 0 Å². The normalized spacial score (nSPS) is 9.42. The van der Waals surface area contributed by atoms with Crippen molar-refractivity contribution in [2.45, 2.75) is 6.92 Å². The molecule has 0 saturated heterocycles. The first-order valence-electron chi connectivity index (χ1n) is 3.43. The van der Waals surface area contributed by atoms with Crippen LogP contribution in [0.5, 0.6) is 0 Å². The van der Waals surface area contributed by atoms with Gasteiger partial charge in [0.1, 0.15) is 0 Å². The van der Waals surface area contributed by atoms with E-state index in [0.717, 1.165) is 11.1 Å². The number of nitrogens with one attached hydrogen (secondary N) is 1. The third-order valence-corrected chi connectivity index (χ3v) is 1.39. The zero-order chi connectivity index (χ0) is 9.14. The highest BCUT2D eigenvalue weighted by Crippen LogP contribution is 2.07. The van der Waals surface area contributed by atoms with Crippen molar-refractivity contribution < 1.29 is 0 Å². The molecule has 0 aliphatic rings. The topological polar surface area (TPSA) is 75.7 Å². The van der Waals surface area contributed by atoms with Crippen molar-refractivity contribution in [3.8, 4) is 0 Å². The Morgan fingerprint density at radius 3 is 2.33 bits per heavy atom. The van der Waals surface area contributed by atoms with Crippen LogP contribution in [-0.4, -0.2) is 15.8 Å². The van der Waals surface area contributed by atoms with Crippen LogP contribution in [0, 0.1) is 5.41 Å². The molecule has 1 aromatic rings. The van der Waals surface area contributed by atoms with Gasteiger partial charge in [0.05, 0.1) is 0 Å². The average Bonchev–Trinajstić information content (AvgIpc) is 2.04. The summed E-state index contributed by atoms with van der Waals surface area (Å²) in [5.74, 6) is 0.128. The van der Waals surface area contributed by atoms with Crippen LogP contribution in [0.1, 0.15) is 18.3 Å². The number of aromatic nitrogens is 2. The van der Waals surface area contributed by atoms with Gasteiger partial charge in [-0.15, -0.1) is 0 Å². The molecule has 0 spiro atoms. The number of allylic oxidation sites excluding steroid dienone is 1. The molecule has 0 radical (unpaired) electrons. The first-order chi connectivity index (χ1) is 5.61. The van der Waals surface area contributed by atoms with E-state index in [1.54, 1.807) is 12.4 Å². The Balaban J connectivity index is 3.01. The molecule has 4 heteroatoms. The largest absolute Gasteiger partial charge is 0.381 e. The van der Waals surface area contributed by atoms with E-state index in [2.05, 4.69) is 16.5 Å². The minimum absolute atomic E-state index is 0.122. The van der Waals surface area contributed by atoms with Gasteiger partial charge in [-0.2, -0.15) is 0 Å². The lowest BCUT2D eigenvalue weighted by Gasteiger charge is -1.99. The van der Waals surface area contributed by atoms with E-state index >= 15 is 0 Å². The summed E-state index contributed by atoms with van der Waals surface area (Å²) in [5.41, 5.74) is 6.93. The summed E-state index contributed by atoms with van der Waals surface area (Å²) < 4.78 is 0. The maximum Gasteiger partial charge on any atom is 0.194 e. The van der Waals surface area contributed by atoms with Crippen molar-refractivity contribution in [2.75, 3.05) is 0 Å². The molecule has 4 nitrogen and oxygen atoms in total. The zero-order valence-corrected chi connectivity index (χ0v) is 6.83. The fourth-order valence-electron chi connectivity index (χ4n) is 0.688. The van der Waals surface area contributed by atoms with Crippen molar-refractivity contribution in [3.63, 3.8) is 0 Å². The fraction of sp³-hybridized carbons (Fsp3) is 0.125. The fourth-order valence-corrected chi connectivity index (χ4v) is 0.688. The molecule has 1 rings (SSSR count). The van der Waals surface area contributed by atoms with E-state index in [1.807, 2.05) is 6.92 Å².